The Labute approximate surface area is 115 Å². The minimum absolute atomic E-state index is 0.107. The molecule has 2 aromatic heterocycles. The molecule has 0 saturated heterocycles. The number of anilines is 1. The fraction of sp³-hybridized carbons (Fsp3) is 0.100. The fourth-order valence-corrected chi connectivity index (χ4v) is 2.34. The quantitative estimate of drug-likeness (QED) is 0.801. The number of fused-ring (bicyclic) bond motifs is 1. The molecule has 0 amide bonds. The van der Waals surface area contributed by atoms with E-state index in [0.29, 0.717) is 21.7 Å². The van der Waals surface area contributed by atoms with Crippen LogP contribution in [0.3, 0.4) is 0 Å². The van der Waals surface area contributed by atoms with Gasteiger partial charge in [-0.1, -0.05) is 22.9 Å². The number of nitrogens with two attached hydrogens (primary N) is 1. The maximum Gasteiger partial charge on any atom is 0.236 e. The summed E-state index contributed by atoms with van der Waals surface area (Å²) in [4.78, 5) is 0.585. The van der Waals surface area contributed by atoms with E-state index < -0.39 is 5.82 Å². The number of aromatic nitrogens is 4. The lowest BCUT2D eigenvalue weighted by Crippen LogP contribution is -2.03. The number of rotatable bonds is 3. The van der Waals surface area contributed by atoms with Crippen LogP contribution in [0.5, 0.6) is 5.75 Å². The van der Waals surface area contributed by atoms with E-state index in [9.17, 15) is 4.39 Å². The number of hydrogen-bond acceptors (Lipinski definition) is 6. The summed E-state index contributed by atoms with van der Waals surface area (Å²) in [5, 5.41) is 12.5. The second kappa shape index (κ2) is 4.63. The van der Waals surface area contributed by atoms with Gasteiger partial charge in [0.2, 0.25) is 10.1 Å². The monoisotopic (exact) mass is 299 g/mol. The second-order valence-corrected chi connectivity index (χ2v) is 5.01. The number of halogens is 2. The maximum absolute atomic E-state index is 12.9. The molecule has 0 aliphatic rings. The molecule has 0 aliphatic carbocycles. The van der Waals surface area contributed by atoms with Gasteiger partial charge in [0.15, 0.2) is 5.82 Å². The molecule has 1 aromatic carbocycles. The molecule has 0 bridgehead atoms. The summed E-state index contributed by atoms with van der Waals surface area (Å²) in [5.41, 5.74) is 5.57. The second-order valence-electron chi connectivity index (χ2n) is 3.61. The molecule has 2 N–H and O–H groups in total. The summed E-state index contributed by atoms with van der Waals surface area (Å²) < 4.78 is 19.8. The first kappa shape index (κ1) is 12.1. The maximum atomic E-state index is 12.9. The third kappa shape index (κ3) is 2.32. The largest absolute Gasteiger partial charge is 0.484 e. The molecule has 0 aliphatic heterocycles. The minimum Gasteiger partial charge on any atom is -0.484 e. The lowest BCUT2D eigenvalue weighted by Gasteiger charge is -2.05. The van der Waals surface area contributed by atoms with Crippen LogP contribution in [0.2, 0.25) is 5.02 Å². The highest BCUT2D eigenvalue weighted by molar-refractivity contribution is 7.20. The molecule has 98 valence electrons. The van der Waals surface area contributed by atoms with Crippen molar-refractivity contribution >= 4 is 33.0 Å². The molecule has 3 rings (SSSR count). The Bertz CT molecular complexity index is 743. The van der Waals surface area contributed by atoms with E-state index in [4.69, 9.17) is 22.1 Å². The summed E-state index contributed by atoms with van der Waals surface area (Å²) in [6.07, 6.45) is 0. The molecular weight excluding hydrogens is 293 g/mol. The van der Waals surface area contributed by atoms with Crippen LogP contribution in [0, 0.1) is 5.82 Å². The topological polar surface area (TPSA) is 78.3 Å². The Hall–Kier alpha value is -1.93. The van der Waals surface area contributed by atoms with Crippen LogP contribution in [-0.2, 0) is 6.61 Å². The van der Waals surface area contributed by atoms with Crippen molar-refractivity contribution in [1.29, 1.82) is 0 Å². The molecule has 9 heteroatoms. The number of nitrogen functional groups attached to an aromatic ring is 1. The number of ether oxygens (including phenoxy) is 1. The number of nitrogens with zero attached hydrogens (tertiary/aromatic N) is 4. The van der Waals surface area contributed by atoms with Gasteiger partial charge in [-0.05, 0) is 18.2 Å². The summed E-state index contributed by atoms with van der Waals surface area (Å²) in [5.74, 6) is 0.431. The average molecular weight is 300 g/mol. The van der Waals surface area contributed by atoms with Crippen molar-refractivity contribution in [2.45, 2.75) is 6.61 Å². The third-order valence-electron chi connectivity index (χ3n) is 2.32. The van der Waals surface area contributed by atoms with E-state index >= 15 is 0 Å². The van der Waals surface area contributed by atoms with E-state index in [2.05, 4.69) is 15.3 Å². The van der Waals surface area contributed by atoms with E-state index in [-0.39, 0.29) is 11.6 Å². The summed E-state index contributed by atoms with van der Waals surface area (Å²) in [6.45, 7) is 0.107. The van der Waals surface area contributed by atoms with Crippen LogP contribution in [0.4, 0.5) is 9.52 Å². The Balaban J connectivity index is 1.82. The minimum atomic E-state index is -0.422. The van der Waals surface area contributed by atoms with Crippen molar-refractivity contribution in [3.8, 4) is 5.75 Å². The van der Waals surface area contributed by atoms with Gasteiger partial charge in [-0.25, -0.2) is 4.39 Å². The summed E-state index contributed by atoms with van der Waals surface area (Å²) in [6, 6.07) is 3.89. The first-order valence-corrected chi connectivity index (χ1v) is 6.37. The van der Waals surface area contributed by atoms with E-state index in [1.54, 1.807) is 0 Å². The molecule has 19 heavy (non-hydrogen) atoms. The highest BCUT2D eigenvalue weighted by Gasteiger charge is 2.11. The zero-order valence-corrected chi connectivity index (χ0v) is 11.0. The third-order valence-corrected chi connectivity index (χ3v) is 3.35. The van der Waals surface area contributed by atoms with Gasteiger partial charge < -0.3 is 10.5 Å². The van der Waals surface area contributed by atoms with Gasteiger partial charge in [0.1, 0.15) is 18.2 Å². The molecule has 0 saturated carbocycles. The van der Waals surface area contributed by atoms with Crippen LogP contribution in [0.1, 0.15) is 5.82 Å². The Morgan fingerprint density at radius 1 is 1.42 bits per heavy atom. The Morgan fingerprint density at radius 2 is 2.26 bits per heavy atom. The van der Waals surface area contributed by atoms with Gasteiger partial charge in [0.25, 0.3) is 0 Å². The predicted octanol–water partition coefficient (Wildman–Crippen LogP) is 2.14. The molecule has 0 radical (unpaired) electrons. The van der Waals surface area contributed by atoms with E-state index in [1.165, 1.54) is 34.1 Å². The first-order valence-electron chi connectivity index (χ1n) is 5.18. The zero-order chi connectivity index (χ0) is 13.4. The smallest absolute Gasteiger partial charge is 0.236 e. The molecular formula is C10H7ClFN5OS. The van der Waals surface area contributed by atoms with Crippen molar-refractivity contribution in [2.24, 2.45) is 0 Å². The van der Waals surface area contributed by atoms with Gasteiger partial charge in [0.05, 0.1) is 5.02 Å². The van der Waals surface area contributed by atoms with Gasteiger partial charge in [-0.2, -0.15) is 4.52 Å². The molecule has 0 atom stereocenters. The zero-order valence-electron chi connectivity index (χ0n) is 9.38. The number of benzene rings is 1. The van der Waals surface area contributed by atoms with Crippen LogP contribution in [0.15, 0.2) is 18.2 Å². The molecule has 3 aromatic rings. The van der Waals surface area contributed by atoms with Gasteiger partial charge in [0, 0.05) is 0 Å². The molecule has 6 nitrogen and oxygen atoms in total. The van der Waals surface area contributed by atoms with Crippen LogP contribution < -0.4 is 10.5 Å². The van der Waals surface area contributed by atoms with Crippen molar-refractivity contribution in [3.05, 3.63) is 34.9 Å². The molecule has 0 unspecified atom stereocenters. The molecule has 0 spiro atoms. The van der Waals surface area contributed by atoms with Crippen molar-refractivity contribution < 1.29 is 9.13 Å². The SMILES string of the molecule is Nc1nn2c(COc3ccc(F)cc3Cl)nnc2s1. The van der Waals surface area contributed by atoms with Crippen LogP contribution in [0.25, 0.3) is 4.96 Å². The Kier molecular flexibility index (Phi) is 2.96. The normalized spacial score (nSPS) is 11.1. The highest BCUT2D eigenvalue weighted by atomic mass is 35.5. The van der Waals surface area contributed by atoms with E-state index in [1.807, 2.05) is 0 Å². The van der Waals surface area contributed by atoms with Gasteiger partial charge in [-0.3, -0.25) is 0 Å². The molecule has 0 fully saturated rings. The lowest BCUT2D eigenvalue weighted by molar-refractivity contribution is 0.292. The predicted molar refractivity (Wildman–Crippen MR) is 68.8 cm³/mol. The van der Waals surface area contributed by atoms with Crippen LogP contribution in [-0.4, -0.2) is 19.8 Å². The van der Waals surface area contributed by atoms with Crippen molar-refractivity contribution in [1.82, 2.24) is 19.8 Å². The van der Waals surface area contributed by atoms with E-state index in [0.717, 1.165) is 0 Å². The fourth-order valence-electron chi connectivity index (χ4n) is 1.50. The highest BCUT2D eigenvalue weighted by Crippen LogP contribution is 2.25. The summed E-state index contributed by atoms with van der Waals surface area (Å²) in [7, 11) is 0. The standard InChI is InChI=1S/C10H7ClFN5OS/c11-6-3-5(12)1-2-7(6)18-4-8-14-15-10-17(8)16-9(13)19-10/h1-3H,4H2,(H2,13,16). The first-order chi connectivity index (χ1) is 9.13. The lowest BCUT2D eigenvalue weighted by atomic mass is 10.3. The van der Waals surface area contributed by atoms with Gasteiger partial charge in [-0.15, -0.1) is 15.3 Å². The number of hydrogen-bond donors (Lipinski definition) is 1. The van der Waals surface area contributed by atoms with Gasteiger partial charge >= 0.3 is 0 Å². The van der Waals surface area contributed by atoms with Crippen molar-refractivity contribution in [2.75, 3.05) is 5.73 Å². The Morgan fingerprint density at radius 3 is 3.05 bits per heavy atom. The van der Waals surface area contributed by atoms with Crippen LogP contribution >= 0.6 is 22.9 Å². The average Bonchev–Trinajstić information content (AvgIpc) is 2.88. The van der Waals surface area contributed by atoms with Crippen molar-refractivity contribution in [3.63, 3.8) is 0 Å². The summed E-state index contributed by atoms with van der Waals surface area (Å²) >= 11 is 7.08. The molecule has 2 heterocycles.